The van der Waals surface area contributed by atoms with Gasteiger partial charge in [0.05, 0.1) is 13.2 Å². The molecule has 0 aromatic rings. The van der Waals surface area contributed by atoms with Gasteiger partial charge in [-0.1, -0.05) is 6.92 Å². The molecule has 82 valence electrons. The van der Waals surface area contributed by atoms with E-state index in [1.807, 2.05) is 11.8 Å². The van der Waals surface area contributed by atoms with Crippen LogP contribution in [0.5, 0.6) is 0 Å². The maximum Gasteiger partial charge on any atom is 0.317 e. The second kappa shape index (κ2) is 6.95. The Hall–Kier alpha value is -0.420. The Morgan fingerprint density at radius 1 is 1.50 bits per heavy atom. The summed E-state index contributed by atoms with van der Waals surface area (Å²) in [6.45, 7) is 5.64. The smallest absolute Gasteiger partial charge is 0.317 e. The monoisotopic (exact) mass is 218 g/mol. The van der Waals surface area contributed by atoms with E-state index in [4.69, 9.17) is 4.74 Å². The van der Waals surface area contributed by atoms with Crippen molar-refractivity contribution in [2.75, 3.05) is 44.4 Å². The van der Waals surface area contributed by atoms with E-state index in [0.29, 0.717) is 26.3 Å². The van der Waals surface area contributed by atoms with Crippen LogP contribution >= 0.6 is 11.8 Å². The third-order valence-corrected chi connectivity index (χ3v) is 2.93. The number of morpholine rings is 1. The third-order valence-electron chi connectivity index (χ3n) is 2.03. The number of hydrogen-bond acceptors (Lipinski definition) is 3. The van der Waals surface area contributed by atoms with Crippen molar-refractivity contribution in [1.82, 2.24) is 10.2 Å². The molecule has 0 bridgehead atoms. The first-order valence-corrected chi connectivity index (χ1v) is 6.18. The van der Waals surface area contributed by atoms with Crippen LogP contribution in [0.15, 0.2) is 0 Å². The fourth-order valence-corrected chi connectivity index (χ4v) is 1.79. The molecule has 0 unspecified atom stereocenters. The topological polar surface area (TPSA) is 41.6 Å². The van der Waals surface area contributed by atoms with E-state index in [1.165, 1.54) is 0 Å². The molecule has 2 amide bonds. The summed E-state index contributed by atoms with van der Waals surface area (Å²) in [5.41, 5.74) is 0. The summed E-state index contributed by atoms with van der Waals surface area (Å²) in [5.74, 6) is 2.10. The van der Waals surface area contributed by atoms with Gasteiger partial charge in [0.2, 0.25) is 0 Å². The van der Waals surface area contributed by atoms with E-state index in [-0.39, 0.29) is 6.03 Å². The van der Waals surface area contributed by atoms with E-state index < -0.39 is 0 Å². The highest BCUT2D eigenvalue weighted by Gasteiger charge is 2.15. The summed E-state index contributed by atoms with van der Waals surface area (Å²) in [4.78, 5) is 13.3. The molecule has 4 nitrogen and oxygen atoms in total. The van der Waals surface area contributed by atoms with E-state index >= 15 is 0 Å². The molecule has 0 aliphatic carbocycles. The number of amides is 2. The summed E-state index contributed by atoms with van der Waals surface area (Å²) in [5, 5.41) is 2.90. The minimum atomic E-state index is 0.0463. The second-order valence-corrected chi connectivity index (χ2v) is 4.42. The Bertz CT molecular complexity index is 172. The predicted octanol–water partition coefficient (Wildman–Crippen LogP) is 0.781. The van der Waals surface area contributed by atoms with E-state index in [2.05, 4.69) is 12.2 Å². The zero-order valence-electron chi connectivity index (χ0n) is 8.62. The number of nitrogens with zero attached hydrogens (tertiary/aromatic N) is 1. The standard InChI is InChI=1S/C9H18N2O2S/c1-2-14-8-3-10-9(12)11-4-6-13-7-5-11/h2-8H2,1H3,(H,10,12). The minimum Gasteiger partial charge on any atom is -0.378 e. The van der Waals surface area contributed by atoms with Crippen molar-refractivity contribution in [1.29, 1.82) is 0 Å². The Morgan fingerprint density at radius 2 is 2.21 bits per heavy atom. The zero-order valence-corrected chi connectivity index (χ0v) is 9.44. The molecule has 1 saturated heterocycles. The molecule has 1 aliphatic rings. The highest BCUT2D eigenvalue weighted by molar-refractivity contribution is 7.99. The van der Waals surface area contributed by atoms with Gasteiger partial charge in [0.1, 0.15) is 0 Å². The summed E-state index contributed by atoms with van der Waals surface area (Å²) in [6.07, 6.45) is 0. The van der Waals surface area contributed by atoms with Crippen LogP contribution in [0.2, 0.25) is 0 Å². The summed E-state index contributed by atoms with van der Waals surface area (Å²) in [7, 11) is 0. The molecular formula is C9H18N2O2S. The molecule has 0 radical (unpaired) electrons. The van der Waals surface area contributed by atoms with Gasteiger partial charge >= 0.3 is 6.03 Å². The molecule has 1 rings (SSSR count). The Balaban J connectivity index is 2.07. The Labute approximate surface area is 89.4 Å². The first-order chi connectivity index (χ1) is 6.84. The van der Waals surface area contributed by atoms with Crippen molar-refractivity contribution < 1.29 is 9.53 Å². The normalized spacial score (nSPS) is 16.8. The summed E-state index contributed by atoms with van der Waals surface area (Å²) < 4.78 is 5.17. The maximum absolute atomic E-state index is 11.5. The van der Waals surface area contributed by atoms with Crippen LogP contribution in [0, 0.1) is 0 Å². The molecule has 1 fully saturated rings. The summed E-state index contributed by atoms with van der Waals surface area (Å²) in [6, 6.07) is 0.0463. The molecule has 0 atom stereocenters. The van der Waals surface area contributed by atoms with Crippen LogP contribution in [0.4, 0.5) is 4.79 Å². The van der Waals surface area contributed by atoms with Gasteiger partial charge in [-0.3, -0.25) is 0 Å². The van der Waals surface area contributed by atoms with Crippen molar-refractivity contribution in [2.24, 2.45) is 0 Å². The molecule has 14 heavy (non-hydrogen) atoms. The van der Waals surface area contributed by atoms with Crippen molar-refractivity contribution in [3.63, 3.8) is 0 Å². The van der Waals surface area contributed by atoms with Gasteiger partial charge in [0.25, 0.3) is 0 Å². The van der Waals surface area contributed by atoms with Crippen LogP contribution in [0.1, 0.15) is 6.92 Å². The lowest BCUT2D eigenvalue weighted by molar-refractivity contribution is 0.0533. The lowest BCUT2D eigenvalue weighted by Crippen LogP contribution is -2.46. The van der Waals surface area contributed by atoms with Gasteiger partial charge < -0.3 is 15.0 Å². The van der Waals surface area contributed by atoms with Gasteiger partial charge in [0.15, 0.2) is 0 Å². The molecule has 1 N–H and O–H groups in total. The van der Waals surface area contributed by atoms with Gasteiger partial charge in [-0.25, -0.2) is 4.79 Å². The first kappa shape index (κ1) is 11.7. The van der Waals surface area contributed by atoms with Crippen molar-refractivity contribution in [3.05, 3.63) is 0 Å². The minimum absolute atomic E-state index is 0.0463. The maximum atomic E-state index is 11.5. The molecule has 5 heteroatoms. The number of carbonyl (C=O) groups is 1. The molecule has 0 aromatic heterocycles. The van der Waals surface area contributed by atoms with Crippen LogP contribution in [-0.2, 0) is 4.74 Å². The second-order valence-electron chi connectivity index (χ2n) is 3.03. The van der Waals surface area contributed by atoms with Crippen molar-refractivity contribution in [2.45, 2.75) is 6.92 Å². The molecule has 1 heterocycles. The van der Waals surface area contributed by atoms with Gasteiger partial charge in [-0.05, 0) is 5.75 Å². The number of rotatable bonds is 4. The number of urea groups is 1. The van der Waals surface area contributed by atoms with E-state index in [0.717, 1.165) is 18.1 Å². The van der Waals surface area contributed by atoms with Crippen LogP contribution in [0.3, 0.4) is 0 Å². The number of carbonyl (C=O) groups excluding carboxylic acids is 1. The molecular weight excluding hydrogens is 200 g/mol. The lowest BCUT2D eigenvalue weighted by Gasteiger charge is -2.26. The highest BCUT2D eigenvalue weighted by atomic mass is 32.2. The van der Waals surface area contributed by atoms with Crippen molar-refractivity contribution >= 4 is 17.8 Å². The molecule has 0 saturated carbocycles. The summed E-state index contributed by atoms with van der Waals surface area (Å²) >= 11 is 1.84. The number of ether oxygens (including phenoxy) is 1. The van der Waals surface area contributed by atoms with Gasteiger partial charge in [0, 0.05) is 25.4 Å². The number of thioether (sulfide) groups is 1. The SMILES string of the molecule is CCSCCNC(=O)N1CCOCC1. The molecule has 0 spiro atoms. The highest BCUT2D eigenvalue weighted by Crippen LogP contribution is 1.98. The van der Waals surface area contributed by atoms with Gasteiger partial charge in [-0.15, -0.1) is 0 Å². The largest absolute Gasteiger partial charge is 0.378 e. The first-order valence-electron chi connectivity index (χ1n) is 5.03. The van der Waals surface area contributed by atoms with Gasteiger partial charge in [-0.2, -0.15) is 11.8 Å². The fraction of sp³-hybridized carbons (Fsp3) is 0.889. The van der Waals surface area contributed by atoms with Crippen molar-refractivity contribution in [3.8, 4) is 0 Å². The Morgan fingerprint density at radius 3 is 2.86 bits per heavy atom. The molecule has 1 aliphatic heterocycles. The quantitative estimate of drug-likeness (QED) is 0.709. The Kier molecular flexibility index (Phi) is 5.78. The average molecular weight is 218 g/mol. The third kappa shape index (κ3) is 4.19. The van der Waals surface area contributed by atoms with Crippen LogP contribution in [0.25, 0.3) is 0 Å². The molecule has 0 aromatic carbocycles. The van der Waals surface area contributed by atoms with Crippen LogP contribution < -0.4 is 5.32 Å². The number of hydrogen-bond donors (Lipinski definition) is 1. The fourth-order valence-electron chi connectivity index (χ4n) is 1.25. The lowest BCUT2D eigenvalue weighted by atomic mass is 10.4. The number of nitrogens with one attached hydrogen (secondary N) is 1. The zero-order chi connectivity index (χ0) is 10.2. The van der Waals surface area contributed by atoms with Crippen LogP contribution in [-0.4, -0.2) is 55.3 Å². The predicted molar refractivity (Wildman–Crippen MR) is 58.8 cm³/mol. The average Bonchev–Trinajstić information content (AvgIpc) is 2.25. The van der Waals surface area contributed by atoms with E-state index in [1.54, 1.807) is 4.90 Å². The van der Waals surface area contributed by atoms with E-state index in [9.17, 15) is 4.79 Å².